The van der Waals surface area contributed by atoms with Crippen LogP contribution < -0.4 is 24.8 Å². The van der Waals surface area contributed by atoms with Crippen LogP contribution in [-0.4, -0.2) is 65.3 Å². The second-order valence-electron chi connectivity index (χ2n) is 7.00. The minimum atomic E-state index is -0.0367. The molecule has 2 rings (SSSR count). The standard InChI is InChI=1S/C23H32N4O4/c1-27(2)21(28)16-26-23(24-12-11-17-9-7-6-8-10-17)25-15-18-13-19(29-3)22(31-5)20(14-18)30-4/h6-10,13-14H,11-12,15-16H2,1-5H3,(H2,24,25,26). The number of rotatable bonds is 10. The van der Waals surface area contributed by atoms with E-state index in [4.69, 9.17) is 14.2 Å². The van der Waals surface area contributed by atoms with Crippen LogP contribution in [0.15, 0.2) is 47.5 Å². The second kappa shape index (κ2) is 12.3. The molecule has 168 valence electrons. The van der Waals surface area contributed by atoms with Crippen LogP contribution in [0.4, 0.5) is 0 Å². The quantitative estimate of drug-likeness (QED) is 0.445. The van der Waals surface area contributed by atoms with Gasteiger partial charge in [-0.15, -0.1) is 0 Å². The maximum Gasteiger partial charge on any atom is 0.241 e. The van der Waals surface area contributed by atoms with Crippen molar-refractivity contribution >= 4 is 11.9 Å². The highest BCUT2D eigenvalue weighted by Crippen LogP contribution is 2.38. The van der Waals surface area contributed by atoms with Crippen LogP contribution >= 0.6 is 0 Å². The first kappa shape index (κ1) is 23.9. The fraction of sp³-hybridized carbons (Fsp3) is 0.391. The number of guanidine groups is 1. The third-order valence-electron chi connectivity index (χ3n) is 4.60. The number of hydrogen-bond acceptors (Lipinski definition) is 5. The molecular formula is C23H32N4O4. The summed E-state index contributed by atoms with van der Waals surface area (Å²) < 4.78 is 16.2. The van der Waals surface area contributed by atoms with E-state index in [1.54, 1.807) is 35.4 Å². The molecule has 2 N–H and O–H groups in total. The van der Waals surface area contributed by atoms with Crippen LogP contribution in [0.5, 0.6) is 17.2 Å². The normalized spacial score (nSPS) is 10.9. The Morgan fingerprint density at radius 1 is 0.935 bits per heavy atom. The minimum absolute atomic E-state index is 0.0367. The molecule has 0 atom stereocenters. The molecule has 0 unspecified atom stereocenters. The number of aliphatic imine (C=N–C) groups is 1. The average molecular weight is 429 g/mol. The zero-order chi connectivity index (χ0) is 22.6. The Balaban J connectivity index is 2.12. The van der Waals surface area contributed by atoms with E-state index in [0.717, 1.165) is 12.0 Å². The summed E-state index contributed by atoms with van der Waals surface area (Å²) in [5.74, 6) is 2.20. The number of carbonyl (C=O) groups excluding carboxylic acids is 1. The number of benzene rings is 2. The van der Waals surface area contributed by atoms with E-state index in [9.17, 15) is 4.79 Å². The number of ether oxygens (including phenoxy) is 3. The molecule has 0 aliphatic rings. The van der Waals surface area contributed by atoms with E-state index in [-0.39, 0.29) is 12.5 Å². The van der Waals surface area contributed by atoms with E-state index in [0.29, 0.717) is 36.3 Å². The molecule has 31 heavy (non-hydrogen) atoms. The number of carbonyl (C=O) groups is 1. The Morgan fingerprint density at radius 3 is 2.13 bits per heavy atom. The summed E-state index contributed by atoms with van der Waals surface area (Å²) in [4.78, 5) is 18.2. The van der Waals surface area contributed by atoms with Crippen LogP contribution in [0.1, 0.15) is 11.1 Å². The number of methoxy groups -OCH3 is 3. The fourth-order valence-electron chi connectivity index (χ4n) is 2.86. The lowest BCUT2D eigenvalue weighted by Gasteiger charge is -2.16. The summed E-state index contributed by atoms with van der Waals surface area (Å²) >= 11 is 0. The Bertz CT molecular complexity index is 844. The van der Waals surface area contributed by atoms with Gasteiger partial charge in [-0.05, 0) is 29.7 Å². The molecular weight excluding hydrogens is 396 g/mol. The molecule has 0 radical (unpaired) electrons. The Labute approximate surface area is 184 Å². The van der Waals surface area contributed by atoms with Gasteiger partial charge in [0.15, 0.2) is 17.5 Å². The smallest absolute Gasteiger partial charge is 0.241 e. The molecule has 0 spiro atoms. The van der Waals surface area contributed by atoms with Gasteiger partial charge in [-0.2, -0.15) is 0 Å². The highest BCUT2D eigenvalue weighted by atomic mass is 16.5. The Hall–Kier alpha value is -3.42. The van der Waals surface area contributed by atoms with Gasteiger partial charge in [-0.25, -0.2) is 4.99 Å². The second-order valence-corrected chi connectivity index (χ2v) is 7.00. The first-order valence-corrected chi connectivity index (χ1v) is 10.0. The first-order valence-electron chi connectivity index (χ1n) is 10.0. The Morgan fingerprint density at radius 2 is 1.58 bits per heavy atom. The number of hydrogen-bond donors (Lipinski definition) is 2. The van der Waals surface area contributed by atoms with Gasteiger partial charge in [0.05, 0.1) is 34.4 Å². The zero-order valence-electron chi connectivity index (χ0n) is 18.9. The van der Waals surface area contributed by atoms with Crippen LogP contribution in [-0.2, 0) is 17.8 Å². The lowest BCUT2D eigenvalue weighted by molar-refractivity contribution is -0.127. The van der Waals surface area contributed by atoms with Crippen LogP contribution in [0.25, 0.3) is 0 Å². The molecule has 2 aromatic carbocycles. The number of nitrogens with zero attached hydrogens (tertiary/aromatic N) is 2. The predicted octanol–water partition coefficient (Wildman–Crippen LogP) is 2.08. The van der Waals surface area contributed by atoms with Crippen LogP contribution in [0.2, 0.25) is 0 Å². The first-order chi connectivity index (χ1) is 15.0. The van der Waals surface area contributed by atoms with Crippen LogP contribution in [0, 0.1) is 0 Å². The third kappa shape index (κ3) is 7.40. The molecule has 2 aromatic rings. The summed E-state index contributed by atoms with van der Waals surface area (Å²) in [6.07, 6.45) is 0.841. The summed E-state index contributed by atoms with van der Waals surface area (Å²) in [5, 5.41) is 6.39. The molecule has 0 aliphatic heterocycles. The Kier molecular flexibility index (Phi) is 9.48. The van der Waals surface area contributed by atoms with Crippen molar-refractivity contribution in [3.05, 3.63) is 53.6 Å². The van der Waals surface area contributed by atoms with E-state index in [1.165, 1.54) is 10.5 Å². The average Bonchev–Trinajstić information content (AvgIpc) is 2.79. The van der Waals surface area contributed by atoms with Gasteiger partial charge in [-0.1, -0.05) is 30.3 Å². The fourth-order valence-corrected chi connectivity index (χ4v) is 2.86. The number of nitrogens with one attached hydrogen (secondary N) is 2. The molecule has 8 heteroatoms. The van der Waals surface area contributed by atoms with Gasteiger partial charge in [0.25, 0.3) is 0 Å². The maximum absolute atomic E-state index is 12.0. The summed E-state index contributed by atoms with van der Waals surface area (Å²) in [6.45, 7) is 1.20. The number of likely N-dealkylation sites (N-methyl/N-ethyl adjacent to an activating group) is 1. The van der Waals surface area contributed by atoms with Gasteiger partial charge >= 0.3 is 0 Å². The van der Waals surface area contributed by atoms with Crippen molar-refractivity contribution in [3.63, 3.8) is 0 Å². The molecule has 0 heterocycles. The van der Waals surface area contributed by atoms with Crippen molar-refractivity contribution in [3.8, 4) is 17.2 Å². The molecule has 0 saturated heterocycles. The third-order valence-corrected chi connectivity index (χ3v) is 4.60. The van der Waals surface area contributed by atoms with E-state index < -0.39 is 0 Å². The molecule has 0 bridgehead atoms. The molecule has 0 saturated carbocycles. The van der Waals surface area contributed by atoms with Crippen molar-refractivity contribution in [1.29, 1.82) is 0 Å². The summed E-state index contributed by atoms with van der Waals surface area (Å²) in [5.41, 5.74) is 2.11. The van der Waals surface area contributed by atoms with E-state index in [2.05, 4.69) is 27.8 Å². The lowest BCUT2D eigenvalue weighted by Crippen LogP contribution is -2.43. The molecule has 8 nitrogen and oxygen atoms in total. The number of amides is 1. The lowest BCUT2D eigenvalue weighted by atomic mass is 10.1. The highest BCUT2D eigenvalue weighted by molar-refractivity contribution is 5.86. The van der Waals surface area contributed by atoms with E-state index in [1.807, 2.05) is 30.3 Å². The SMILES string of the molecule is COc1cc(CN=C(NCCc2ccccc2)NCC(=O)N(C)C)cc(OC)c1OC. The topological polar surface area (TPSA) is 84.4 Å². The van der Waals surface area contributed by atoms with Crippen molar-refractivity contribution in [2.24, 2.45) is 4.99 Å². The molecule has 1 amide bonds. The maximum atomic E-state index is 12.0. The van der Waals surface area contributed by atoms with Crippen molar-refractivity contribution < 1.29 is 19.0 Å². The van der Waals surface area contributed by atoms with Crippen molar-refractivity contribution in [2.45, 2.75) is 13.0 Å². The minimum Gasteiger partial charge on any atom is -0.493 e. The van der Waals surface area contributed by atoms with Gasteiger partial charge in [0.1, 0.15) is 0 Å². The monoisotopic (exact) mass is 428 g/mol. The predicted molar refractivity (Wildman–Crippen MR) is 122 cm³/mol. The molecule has 0 fully saturated rings. The van der Waals surface area contributed by atoms with Gasteiger partial charge in [0, 0.05) is 20.6 Å². The van der Waals surface area contributed by atoms with E-state index >= 15 is 0 Å². The highest BCUT2D eigenvalue weighted by Gasteiger charge is 2.13. The summed E-state index contributed by atoms with van der Waals surface area (Å²) in [7, 11) is 8.17. The largest absolute Gasteiger partial charge is 0.493 e. The summed E-state index contributed by atoms with van der Waals surface area (Å²) in [6, 6.07) is 13.9. The van der Waals surface area contributed by atoms with Gasteiger partial charge < -0.3 is 29.7 Å². The van der Waals surface area contributed by atoms with Gasteiger partial charge in [-0.3, -0.25) is 4.79 Å². The van der Waals surface area contributed by atoms with Gasteiger partial charge in [0.2, 0.25) is 11.7 Å². The van der Waals surface area contributed by atoms with Crippen molar-refractivity contribution in [1.82, 2.24) is 15.5 Å². The van der Waals surface area contributed by atoms with Crippen LogP contribution in [0.3, 0.4) is 0 Å². The van der Waals surface area contributed by atoms with Crippen molar-refractivity contribution in [2.75, 3.05) is 48.5 Å². The molecule has 0 aliphatic carbocycles. The zero-order valence-corrected chi connectivity index (χ0v) is 18.9. The molecule has 0 aromatic heterocycles.